The van der Waals surface area contributed by atoms with E-state index in [0.717, 1.165) is 9.21 Å². The van der Waals surface area contributed by atoms with Gasteiger partial charge in [0.2, 0.25) is 0 Å². The topological polar surface area (TPSA) is 46.2 Å². The van der Waals surface area contributed by atoms with Crippen LogP contribution in [0.5, 0.6) is 0 Å². The molecule has 1 N–H and O–H groups in total. The second kappa shape index (κ2) is 4.64. The molecule has 0 radical (unpaired) electrons. The molecule has 1 aromatic rings. The molecule has 0 bridgehead atoms. The van der Waals surface area contributed by atoms with Gasteiger partial charge < -0.3 is 5.32 Å². The van der Waals surface area contributed by atoms with Gasteiger partial charge in [-0.1, -0.05) is 11.6 Å². The Morgan fingerprint density at radius 3 is 2.81 bits per heavy atom. The van der Waals surface area contributed by atoms with Gasteiger partial charge in [0.25, 0.3) is 0 Å². The molecule has 1 fully saturated rings. The van der Waals surface area contributed by atoms with E-state index >= 15 is 0 Å². The van der Waals surface area contributed by atoms with Crippen molar-refractivity contribution in [2.45, 2.75) is 25.4 Å². The maximum atomic E-state index is 11.3. The largest absolute Gasteiger partial charge is 0.306 e. The molecule has 90 valence electrons. The summed E-state index contributed by atoms with van der Waals surface area (Å²) in [6.07, 6.45) is 0.714. The van der Waals surface area contributed by atoms with E-state index in [-0.39, 0.29) is 17.8 Å². The number of sulfone groups is 1. The minimum absolute atomic E-state index is 0.0841. The van der Waals surface area contributed by atoms with Crippen molar-refractivity contribution in [3.63, 3.8) is 0 Å². The van der Waals surface area contributed by atoms with E-state index in [0.29, 0.717) is 12.2 Å². The van der Waals surface area contributed by atoms with Gasteiger partial charge in [0.1, 0.15) is 0 Å². The molecule has 0 amide bonds. The van der Waals surface area contributed by atoms with Gasteiger partial charge in [0.15, 0.2) is 9.84 Å². The first-order valence-electron chi connectivity index (χ1n) is 5.18. The van der Waals surface area contributed by atoms with Crippen molar-refractivity contribution in [2.24, 2.45) is 0 Å². The van der Waals surface area contributed by atoms with Crippen molar-refractivity contribution < 1.29 is 8.42 Å². The molecule has 0 aliphatic carbocycles. The summed E-state index contributed by atoms with van der Waals surface area (Å²) in [5.74, 6) is 0.568. The number of halogens is 1. The Hall–Kier alpha value is -0.100. The van der Waals surface area contributed by atoms with Crippen LogP contribution in [0, 0.1) is 0 Å². The second-order valence-electron chi connectivity index (χ2n) is 4.13. The highest BCUT2D eigenvalue weighted by Crippen LogP contribution is 2.27. The van der Waals surface area contributed by atoms with Crippen molar-refractivity contribution in [1.82, 2.24) is 5.32 Å². The van der Waals surface area contributed by atoms with Crippen LogP contribution in [0.4, 0.5) is 0 Å². The molecular weight excluding hydrogens is 266 g/mol. The molecular formula is C10H14ClNO2S2. The zero-order valence-corrected chi connectivity index (χ0v) is 11.3. The Balaban J connectivity index is 1.96. The van der Waals surface area contributed by atoms with Crippen LogP contribution in [0.2, 0.25) is 4.34 Å². The Labute approximate surface area is 105 Å². The summed E-state index contributed by atoms with van der Waals surface area (Å²) in [5.41, 5.74) is 0. The smallest absolute Gasteiger partial charge is 0.151 e. The van der Waals surface area contributed by atoms with Crippen LogP contribution in [0.3, 0.4) is 0 Å². The highest BCUT2D eigenvalue weighted by atomic mass is 35.5. The first-order valence-corrected chi connectivity index (χ1v) is 8.19. The van der Waals surface area contributed by atoms with Gasteiger partial charge in [-0.25, -0.2) is 8.42 Å². The van der Waals surface area contributed by atoms with Crippen LogP contribution in [0.25, 0.3) is 0 Å². The molecule has 2 unspecified atom stereocenters. The first-order chi connectivity index (χ1) is 7.46. The zero-order chi connectivity index (χ0) is 11.8. The predicted molar refractivity (Wildman–Crippen MR) is 67.9 cm³/mol. The van der Waals surface area contributed by atoms with Crippen molar-refractivity contribution >= 4 is 32.8 Å². The third-order valence-electron chi connectivity index (χ3n) is 2.74. The summed E-state index contributed by atoms with van der Waals surface area (Å²) in [6, 6.07) is 4.09. The number of hydrogen-bond donors (Lipinski definition) is 1. The van der Waals surface area contributed by atoms with Crippen LogP contribution >= 0.6 is 22.9 Å². The minimum atomic E-state index is -2.80. The van der Waals surface area contributed by atoms with Gasteiger partial charge in [0, 0.05) is 17.0 Å². The quantitative estimate of drug-likeness (QED) is 0.923. The fourth-order valence-corrected chi connectivity index (χ4v) is 4.68. The molecule has 0 aromatic carbocycles. The number of thiophene rings is 1. The van der Waals surface area contributed by atoms with Gasteiger partial charge >= 0.3 is 0 Å². The summed E-state index contributed by atoms with van der Waals surface area (Å²) in [4.78, 5) is 1.15. The molecule has 3 nitrogen and oxygen atoms in total. The van der Waals surface area contributed by atoms with Crippen molar-refractivity contribution in [3.05, 3.63) is 21.3 Å². The monoisotopic (exact) mass is 279 g/mol. The van der Waals surface area contributed by atoms with E-state index in [4.69, 9.17) is 11.6 Å². The maximum absolute atomic E-state index is 11.3. The molecule has 16 heavy (non-hydrogen) atoms. The molecule has 6 heteroatoms. The van der Waals surface area contributed by atoms with Gasteiger partial charge in [-0.3, -0.25) is 0 Å². The van der Waals surface area contributed by atoms with Crippen molar-refractivity contribution in [2.75, 3.05) is 11.5 Å². The molecule has 1 aliphatic heterocycles. The lowest BCUT2D eigenvalue weighted by atomic mass is 10.2. The molecule has 1 aliphatic rings. The molecule has 2 atom stereocenters. The minimum Gasteiger partial charge on any atom is -0.306 e. The summed E-state index contributed by atoms with van der Waals surface area (Å²) in [6.45, 7) is 2.03. The Morgan fingerprint density at radius 1 is 1.56 bits per heavy atom. The fraction of sp³-hybridized carbons (Fsp3) is 0.600. The fourth-order valence-electron chi connectivity index (χ4n) is 1.92. The average Bonchev–Trinajstić information content (AvgIpc) is 2.73. The number of nitrogens with one attached hydrogen (secondary N) is 1. The van der Waals surface area contributed by atoms with E-state index < -0.39 is 9.84 Å². The van der Waals surface area contributed by atoms with Gasteiger partial charge in [-0.05, 0) is 25.5 Å². The van der Waals surface area contributed by atoms with Gasteiger partial charge in [-0.2, -0.15) is 0 Å². The normalized spacial score (nSPS) is 25.8. The zero-order valence-electron chi connectivity index (χ0n) is 8.94. The maximum Gasteiger partial charge on any atom is 0.151 e. The summed E-state index contributed by atoms with van der Waals surface area (Å²) in [7, 11) is -2.80. The van der Waals surface area contributed by atoms with Gasteiger partial charge in [0.05, 0.1) is 15.8 Å². The van der Waals surface area contributed by atoms with E-state index in [1.165, 1.54) is 11.3 Å². The number of rotatable bonds is 3. The Morgan fingerprint density at radius 2 is 2.31 bits per heavy atom. The van der Waals surface area contributed by atoms with Crippen LogP contribution < -0.4 is 5.32 Å². The lowest BCUT2D eigenvalue weighted by Crippen LogP contribution is -2.31. The predicted octanol–water partition coefficient (Wildman–Crippen LogP) is 2.24. The molecule has 0 saturated carbocycles. The molecule has 0 spiro atoms. The molecule has 2 rings (SSSR count). The van der Waals surface area contributed by atoms with Gasteiger partial charge in [-0.15, -0.1) is 11.3 Å². The molecule has 1 aromatic heterocycles. The van der Waals surface area contributed by atoms with Crippen LogP contribution in [0.1, 0.15) is 24.3 Å². The average molecular weight is 280 g/mol. The molecule has 2 heterocycles. The first kappa shape index (κ1) is 12.4. The number of hydrogen-bond acceptors (Lipinski definition) is 4. The van der Waals surface area contributed by atoms with Crippen LogP contribution in [-0.4, -0.2) is 26.0 Å². The Bertz CT molecular complexity index is 469. The van der Waals surface area contributed by atoms with E-state index in [1.807, 2.05) is 19.1 Å². The van der Waals surface area contributed by atoms with E-state index in [2.05, 4.69) is 5.32 Å². The summed E-state index contributed by atoms with van der Waals surface area (Å²) < 4.78 is 23.4. The SMILES string of the molecule is CC(NC1CCS(=O)(=O)C1)c1ccc(Cl)s1. The molecule has 1 saturated heterocycles. The van der Waals surface area contributed by atoms with Crippen LogP contribution in [0.15, 0.2) is 12.1 Å². The van der Waals surface area contributed by atoms with E-state index in [1.54, 1.807) is 0 Å². The van der Waals surface area contributed by atoms with Crippen molar-refractivity contribution in [1.29, 1.82) is 0 Å². The van der Waals surface area contributed by atoms with E-state index in [9.17, 15) is 8.42 Å². The summed E-state index contributed by atoms with van der Waals surface area (Å²) >= 11 is 7.39. The third-order valence-corrected chi connectivity index (χ3v) is 5.92. The highest BCUT2D eigenvalue weighted by Gasteiger charge is 2.28. The van der Waals surface area contributed by atoms with Crippen molar-refractivity contribution in [3.8, 4) is 0 Å². The Kier molecular flexibility index (Phi) is 3.59. The highest BCUT2D eigenvalue weighted by molar-refractivity contribution is 7.91. The lowest BCUT2D eigenvalue weighted by Gasteiger charge is -2.16. The standard InChI is InChI=1S/C10H14ClNO2S2/c1-7(9-2-3-10(11)15-9)12-8-4-5-16(13,14)6-8/h2-3,7-8,12H,4-6H2,1H3. The summed E-state index contributed by atoms with van der Waals surface area (Å²) in [5, 5.41) is 3.34. The third kappa shape index (κ3) is 2.97. The second-order valence-corrected chi connectivity index (χ2v) is 8.11. The van der Waals surface area contributed by atoms with Crippen LogP contribution in [-0.2, 0) is 9.84 Å². The lowest BCUT2D eigenvalue weighted by molar-refractivity contribution is 0.490.